The first kappa shape index (κ1) is 19.0. The number of benzene rings is 3. The zero-order valence-corrected chi connectivity index (χ0v) is 16.7. The van der Waals surface area contributed by atoms with Crippen molar-refractivity contribution in [1.82, 2.24) is 9.29 Å². The first-order valence-electron chi connectivity index (χ1n) is 9.58. The molecule has 0 amide bonds. The van der Waals surface area contributed by atoms with Crippen LogP contribution in [-0.4, -0.2) is 24.3 Å². The first-order chi connectivity index (χ1) is 14.5. The predicted octanol–water partition coefficient (Wildman–Crippen LogP) is 4.78. The maximum atomic E-state index is 14.1. The number of hydrogen-bond acceptors (Lipinski definition) is 2. The van der Waals surface area contributed by atoms with Crippen molar-refractivity contribution in [2.75, 3.05) is 6.54 Å². The highest BCUT2D eigenvalue weighted by molar-refractivity contribution is 7.89. The molecular formula is C23H18F2N2O2S. The average molecular weight is 424 g/mol. The van der Waals surface area contributed by atoms with Gasteiger partial charge in [0.1, 0.15) is 0 Å². The summed E-state index contributed by atoms with van der Waals surface area (Å²) in [7, 11) is -3.87. The Morgan fingerprint density at radius 3 is 2.40 bits per heavy atom. The van der Waals surface area contributed by atoms with E-state index in [4.69, 9.17) is 0 Å². The molecule has 4 aromatic rings. The third kappa shape index (κ3) is 2.93. The summed E-state index contributed by atoms with van der Waals surface area (Å²) in [5.41, 5.74) is 2.95. The van der Waals surface area contributed by atoms with Crippen LogP contribution in [0.15, 0.2) is 77.7 Å². The smallest absolute Gasteiger partial charge is 0.244 e. The van der Waals surface area contributed by atoms with Gasteiger partial charge in [-0.25, -0.2) is 17.2 Å². The molecule has 0 radical (unpaired) electrons. The maximum absolute atomic E-state index is 14.1. The van der Waals surface area contributed by atoms with Gasteiger partial charge in [0.25, 0.3) is 0 Å². The Balaban J connectivity index is 1.74. The Morgan fingerprint density at radius 2 is 1.63 bits per heavy atom. The predicted molar refractivity (Wildman–Crippen MR) is 111 cm³/mol. The third-order valence-electron chi connectivity index (χ3n) is 5.60. The summed E-state index contributed by atoms with van der Waals surface area (Å²) in [5.74, 6) is -1.98. The van der Waals surface area contributed by atoms with Gasteiger partial charge in [-0.2, -0.15) is 4.31 Å². The van der Waals surface area contributed by atoms with Crippen molar-refractivity contribution in [3.8, 4) is 0 Å². The summed E-state index contributed by atoms with van der Waals surface area (Å²) < 4.78 is 56.1. The molecule has 1 atom stereocenters. The van der Waals surface area contributed by atoms with Crippen molar-refractivity contribution in [3.63, 3.8) is 0 Å². The minimum atomic E-state index is -3.87. The van der Waals surface area contributed by atoms with Gasteiger partial charge in [-0.1, -0.05) is 42.5 Å². The van der Waals surface area contributed by atoms with Crippen LogP contribution >= 0.6 is 0 Å². The number of sulfonamides is 1. The molecule has 0 saturated heterocycles. The molecule has 2 heterocycles. The molecule has 152 valence electrons. The van der Waals surface area contributed by atoms with E-state index in [2.05, 4.69) is 4.98 Å². The van der Waals surface area contributed by atoms with E-state index < -0.39 is 27.7 Å². The Labute approximate surface area is 172 Å². The zero-order valence-electron chi connectivity index (χ0n) is 15.8. The molecule has 1 N–H and O–H groups in total. The molecule has 0 bridgehead atoms. The molecule has 4 nitrogen and oxygen atoms in total. The molecule has 1 aliphatic heterocycles. The van der Waals surface area contributed by atoms with Crippen molar-refractivity contribution in [1.29, 1.82) is 0 Å². The number of nitrogens with one attached hydrogen (secondary N) is 1. The molecule has 0 fully saturated rings. The SMILES string of the molecule is O=S(=O)(c1ccccc1)N1CCc2c([nH]c3ccccc23)[C@@H]1c1ccc(F)c(F)c1. The van der Waals surface area contributed by atoms with Crippen LogP contribution in [0.1, 0.15) is 22.9 Å². The molecule has 1 aromatic heterocycles. The maximum Gasteiger partial charge on any atom is 0.244 e. The summed E-state index contributed by atoms with van der Waals surface area (Å²) in [4.78, 5) is 3.49. The van der Waals surface area contributed by atoms with E-state index in [1.807, 2.05) is 24.3 Å². The first-order valence-corrected chi connectivity index (χ1v) is 11.0. The van der Waals surface area contributed by atoms with E-state index in [0.717, 1.165) is 28.6 Å². The lowest BCUT2D eigenvalue weighted by molar-refractivity contribution is 0.339. The Kier molecular flexibility index (Phi) is 4.45. The summed E-state index contributed by atoms with van der Waals surface area (Å²) in [6.07, 6.45) is 0.519. The van der Waals surface area contributed by atoms with E-state index in [0.29, 0.717) is 17.7 Å². The van der Waals surface area contributed by atoms with Gasteiger partial charge in [-0.05, 0) is 47.9 Å². The van der Waals surface area contributed by atoms with Gasteiger partial charge in [0.15, 0.2) is 11.6 Å². The summed E-state index contributed by atoms with van der Waals surface area (Å²) >= 11 is 0. The molecule has 0 spiro atoms. The number of para-hydroxylation sites is 1. The minimum absolute atomic E-state index is 0.164. The topological polar surface area (TPSA) is 53.2 Å². The number of H-pyrrole nitrogens is 1. The Hall–Kier alpha value is -3.03. The van der Waals surface area contributed by atoms with Crippen LogP contribution in [-0.2, 0) is 16.4 Å². The second kappa shape index (κ2) is 7.04. The molecule has 0 unspecified atom stereocenters. The lowest BCUT2D eigenvalue weighted by atomic mass is 9.94. The fraction of sp³-hybridized carbons (Fsp3) is 0.130. The van der Waals surface area contributed by atoms with Crippen molar-refractivity contribution >= 4 is 20.9 Å². The van der Waals surface area contributed by atoms with Gasteiger partial charge in [-0.3, -0.25) is 0 Å². The Bertz CT molecular complexity index is 1350. The number of fused-ring (bicyclic) bond motifs is 3. The number of hydrogen-bond donors (Lipinski definition) is 1. The fourth-order valence-electron chi connectivity index (χ4n) is 4.22. The summed E-state index contributed by atoms with van der Waals surface area (Å²) in [5, 5.41) is 1.01. The molecule has 1 aliphatic rings. The second-order valence-electron chi connectivity index (χ2n) is 7.32. The van der Waals surface area contributed by atoms with Crippen LogP contribution in [0.5, 0.6) is 0 Å². The van der Waals surface area contributed by atoms with Crippen LogP contribution in [0.25, 0.3) is 10.9 Å². The quantitative estimate of drug-likeness (QED) is 0.515. The van der Waals surface area contributed by atoms with Crippen molar-refractivity contribution < 1.29 is 17.2 Å². The van der Waals surface area contributed by atoms with Gasteiger partial charge in [0.2, 0.25) is 10.0 Å². The standard InChI is InChI=1S/C23H18F2N2O2S/c24-19-11-10-15(14-20(19)25)23-22-18(17-8-4-5-9-21(17)26-22)12-13-27(23)30(28,29)16-6-2-1-3-7-16/h1-11,14,23,26H,12-13H2/t23-/m0/s1. The number of halogens is 2. The highest BCUT2D eigenvalue weighted by Gasteiger charge is 2.39. The highest BCUT2D eigenvalue weighted by Crippen LogP contribution is 2.41. The largest absolute Gasteiger partial charge is 0.357 e. The normalized spacial score (nSPS) is 17.2. The molecule has 3 aromatic carbocycles. The van der Waals surface area contributed by atoms with Gasteiger partial charge < -0.3 is 4.98 Å². The molecule has 0 saturated carbocycles. The van der Waals surface area contributed by atoms with Crippen molar-refractivity contribution in [2.45, 2.75) is 17.4 Å². The third-order valence-corrected chi connectivity index (χ3v) is 7.48. The van der Waals surface area contributed by atoms with Gasteiger partial charge in [0.05, 0.1) is 10.9 Å². The van der Waals surface area contributed by atoms with E-state index in [9.17, 15) is 17.2 Å². The summed E-state index contributed by atoms with van der Waals surface area (Å²) in [6, 6.07) is 18.7. The molecule has 0 aliphatic carbocycles. The van der Waals surface area contributed by atoms with E-state index in [-0.39, 0.29) is 11.4 Å². The van der Waals surface area contributed by atoms with Crippen LogP contribution < -0.4 is 0 Å². The monoisotopic (exact) mass is 424 g/mol. The summed E-state index contributed by atoms with van der Waals surface area (Å²) in [6.45, 7) is 0.232. The molecule has 30 heavy (non-hydrogen) atoms. The second-order valence-corrected chi connectivity index (χ2v) is 9.21. The number of rotatable bonds is 3. The van der Waals surface area contributed by atoms with Crippen LogP contribution in [0.4, 0.5) is 8.78 Å². The average Bonchev–Trinajstić information content (AvgIpc) is 3.14. The Morgan fingerprint density at radius 1 is 0.900 bits per heavy atom. The molecule has 5 rings (SSSR count). The zero-order chi connectivity index (χ0) is 20.9. The van der Waals surface area contributed by atoms with Crippen molar-refractivity contribution in [2.24, 2.45) is 0 Å². The van der Waals surface area contributed by atoms with E-state index in [1.54, 1.807) is 30.3 Å². The lowest BCUT2D eigenvalue weighted by Crippen LogP contribution is -2.40. The number of nitrogens with zero attached hydrogens (tertiary/aromatic N) is 1. The van der Waals surface area contributed by atoms with E-state index >= 15 is 0 Å². The lowest BCUT2D eigenvalue weighted by Gasteiger charge is -2.35. The van der Waals surface area contributed by atoms with Crippen molar-refractivity contribution in [3.05, 3.63) is 101 Å². The number of aromatic nitrogens is 1. The molecular weight excluding hydrogens is 406 g/mol. The van der Waals surface area contributed by atoms with Crippen LogP contribution in [0.2, 0.25) is 0 Å². The fourth-order valence-corrected chi connectivity index (χ4v) is 5.83. The van der Waals surface area contributed by atoms with E-state index in [1.165, 1.54) is 10.4 Å². The van der Waals surface area contributed by atoms with Gasteiger partial charge in [-0.15, -0.1) is 0 Å². The van der Waals surface area contributed by atoms with Gasteiger partial charge in [0, 0.05) is 23.1 Å². The molecule has 7 heteroatoms. The number of aromatic amines is 1. The van der Waals surface area contributed by atoms with Crippen LogP contribution in [0.3, 0.4) is 0 Å². The highest BCUT2D eigenvalue weighted by atomic mass is 32.2. The minimum Gasteiger partial charge on any atom is -0.357 e. The van der Waals surface area contributed by atoms with Crippen LogP contribution in [0, 0.1) is 11.6 Å². The van der Waals surface area contributed by atoms with Gasteiger partial charge >= 0.3 is 0 Å².